The number of rotatable bonds is 11. The first-order valence-corrected chi connectivity index (χ1v) is 8.62. The van der Waals surface area contributed by atoms with Gasteiger partial charge in [0.25, 0.3) is 0 Å². The van der Waals surface area contributed by atoms with E-state index < -0.39 is 5.60 Å². The highest BCUT2D eigenvalue weighted by Crippen LogP contribution is 2.20. The molecule has 1 N–H and O–H groups in total. The van der Waals surface area contributed by atoms with Crippen LogP contribution in [0.3, 0.4) is 0 Å². The van der Waals surface area contributed by atoms with Gasteiger partial charge in [-0.3, -0.25) is 0 Å². The molecule has 0 heterocycles. The molecule has 0 rings (SSSR count). The van der Waals surface area contributed by atoms with Crippen LogP contribution in [-0.4, -0.2) is 10.7 Å². The highest BCUT2D eigenvalue weighted by Gasteiger charge is 2.15. The van der Waals surface area contributed by atoms with Crippen molar-refractivity contribution in [2.75, 3.05) is 0 Å². The fourth-order valence-electron chi connectivity index (χ4n) is 2.52. The van der Waals surface area contributed by atoms with E-state index in [4.69, 9.17) is 6.42 Å². The first-order valence-electron chi connectivity index (χ1n) is 8.62. The van der Waals surface area contributed by atoms with Crippen LogP contribution in [0.15, 0.2) is 11.6 Å². The van der Waals surface area contributed by atoms with Crippen LogP contribution in [0, 0.1) is 24.2 Å². The molecule has 0 aromatic carbocycles. The summed E-state index contributed by atoms with van der Waals surface area (Å²) in [7, 11) is 0. The fraction of sp³-hybridized carbons (Fsp3) is 0.800. The molecular weight excluding hydrogens is 256 g/mol. The van der Waals surface area contributed by atoms with Crippen molar-refractivity contribution in [3.8, 4) is 12.3 Å². The Morgan fingerprint density at radius 2 is 1.86 bits per heavy atom. The molecule has 2 unspecified atom stereocenters. The quantitative estimate of drug-likeness (QED) is 0.381. The molecule has 0 saturated heterocycles. The lowest BCUT2D eigenvalue weighted by Crippen LogP contribution is -2.20. The van der Waals surface area contributed by atoms with Crippen molar-refractivity contribution in [1.82, 2.24) is 0 Å². The highest BCUT2D eigenvalue weighted by molar-refractivity contribution is 5.04. The van der Waals surface area contributed by atoms with Gasteiger partial charge in [0.15, 0.2) is 0 Å². The molecule has 0 aromatic rings. The van der Waals surface area contributed by atoms with Crippen molar-refractivity contribution in [1.29, 1.82) is 0 Å². The first-order chi connectivity index (χ1) is 9.76. The van der Waals surface area contributed by atoms with Gasteiger partial charge in [-0.15, -0.1) is 6.42 Å². The Kier molecular flexibility index (Phi) is 10.5. The Hall–Kier alpha value is -0.740. The van der Waals surface area contributed by atoms with Gasteiger partial charge in [-0.05, 0) is 64.2 Å². The maximum absolute atomic E-state index is 9.76. The van der Waals surface area contributed by atoms with Crippen LogP contribution in [-0.2, 0) is 0 Å². The van der Waals surface area contributed by atoms with E-state index in [2.05, 4.69) is 39.7 Å². The minimum absolute atomic E-state index is 0.706. The molecule has 0 aliphatic heterocycles. The summed E-state index contributed by atoms with van der Waals surface area (Å²) in [5.41, 5.74) is 0.616. The van der Waals surface area contributed by atoms with Gasteiger partial charge in [0, 0.05) is 0 Å². The Labute approximate surface area is 133 Å². The summed E-state index contributed by atoms with van der Waals surface area (Å²) in [5, 5.41) is 9.76. The van der Waals surface area contributed by atoms with E-state index in [-0.39, 0.29) is 0 Å². The zero-order valence-corrected chi connectivity index (χ0v) is 14.9. The largest absolute Gasteiger partial charge is 0.378 e. The van der Waals surface area contributed by atoms with Crippen molar-refractivity contribution in [2.45, 2.75) is 91.6 Å². The smallest absolute Gasteiger partial charge is 0.122 e. The van der Waals surface area contributed by atoms with Gasteiger partial charge in [0.2, 0.25) is 0 Å². The monoisotopic (exact) mass is 292 g/mol. The second-order valence-electron chi connectivity index (χ2n) is 7.33. The fourth-order valence-corrected chi connectivity index (χ4v) is 2.52. The predicted octanol–water partition coefficient (Wildman–Crippen LogP) is 5.73. The van der Waals surface area contributed by atoms with Crippen molar-refractivity contribution in [2.24, 2.45) is 11.8 Å². The van der Waals surface area contributed by atoms with Crippen molar-refractivity contribution >= 4 is 0 Å². The summed E-state index contributed by atoms with van der Waals surface area (Å²) in [6, 6.07) is 0. The molecule has 0 aromatic heterocycles. The van der Waals surface area contributed by atoms with E-state index in [0.29, 0.717) is 12.3 Å². The summed E-state index contributed by atoms with van der Waals surface area (Å²) in [5.74, 6) is 3.97. The van der Waals surface area contributed by atoms with E-state index in [1.54, 1.807) is 6.92 Å². The van der Waals surface area contributed by atoms with Gasteiger partial charge in [-0.2, -0.15) is 0 Å². The lowest BCUT2D eigenvalue weighted by molar-refractivity contribution is 0.107. The Bertz CT molecular complexity index is 330. The number of allylic oxidation sites excluding steroid dienone is 2. The lowest BCUT2D eigenvalue weighted by Gasteiger charge is -2.17. The van der Waals surface area contributed by atoms with Gasteiger partial charge in [0.1, 0.15) is 5.60 Å². The molecule has 1 nitrogen and oxygen atoms in total. The summed E-state index contributed by atoms with van der Waals surface area (Å²) in [6.07, 6.45) is 16.9. The maximum Gasteiger partial charge on any atom is 0.122 e. The van der Waals surface area contributed by atoms with Crippen LogP contribution in [0.4, 0.5) is 0 Å². The highest BCUT2D eigenvalue weighted by atomic mass is 16.3. The van der Waals surface area contributed by atoms with E-state index in [1.807, 2.05) is 0 Å². The molecule has 0 saturated carbocycles. The predicted molar refractivity (Wildman–Crippen MR) is 94.2 cm³/mol. The number of hydrogen-bond donors (Lipinski definition) is 1. The molecule has 1 heteroatoms. The third-order valence-corrected chi connectivity index (χ3v) is 4.18. The van der Waals surface area contributed by atoms with Crippen LogP contribution in [0.5, 0.6) is 0 Å². The molecule has 0 aliphatic rings. The van der Waals surface area contributed by atoms with Crippen LogP contribution in [0.2, 0.25) is 0 Å². The van der Waals surface area contributed by atoms with E-state index >= 15 is 0 Å². The standard InChI is InChI=1S/C20H36O/c1-7-20(6,21)16-10-15-19(5)14-9-13-18(4)12-8-11-17(2)3/h1,13,17,19,21H,8-12,14-16H2,2-6H3. The lowest BCUT2D eigenvalue weighted by atomic mass is 9.93. The maximum atomic E-state index is 9.76. The van der Waals surface area contributed by atoms with Crippen molar-refractivity contribution in [3.63, 3.8) is 0 Å². The average Bonchev–Trinajstić information content (AvgIpc) is 2.38. The number of hydrogen-bond acceptors (Lipinski definition) is 1. The second-order valence-corrected chi connectivity index (χ2v) is 7.33. The van der Waals surface area contributed by atoms with E-state index in [1.165, 1.54) is 37.7 Å². The van der Waals surface area contributed by atoms with Gasteiger partial charge < -0.3 is 5.11 Å². The van der Waals surface area contributed by atoms with Crippen LogP contribution in [0.25, 0.3) is 0 Å². The minimum atomic E-state index is -0.924. The third kappa shape index (κ3) is 12.7. The first kappa shape index (κ1) is 20.3. The van der Waals surface area contributed by atoms with Crippen LogP contribution < -0.4 is 0 Å². The molecular formula is C20H36O. The molecule has 0 bridgehead atoms. The molecule has 0 spiro atoms. The Balaban J connectivity index is 3.73. The molecule has 0 fully saturated rings. The molecule has 122 valence electrons. The topological polar surface area (TPSA) is 20.2 Å². The molecule has 21 heavy (non-hydrogen) atoms. The van der Waals surface area contributed by atoms with E-state index in [9.17, 15) is 5.11 Å². The Morgan fingerprint density at radius 3 is 2.43 bits per heavy atom. The van der Waals surface area contributed by atoms with Crippen LogP contribution >= 0.6 is 0 Å². The summed E-state index contributed by atoms with van der Waals surface area (Å²) >= 11 is 0. The molecule has 0 radical (unpaired) electrons. The van der Waals surface area contributed by atoms with Gasteiger partial charge in [0.05, 0.1) is 0 Å². The SMILES string of the molecule is C#CC(C)(O)CCCC(C)CCC=C(C)CCCC(C)C. The zero-order chi connectivity index (χ0) is 16.3. The molecule has 0 aliphatic carbocycles. The van der Waals surface area contributed by atoms with Crippen molar-refractivity contribution < 1.29 is 5.11 Å². The van der Waals surface area contributed by atoms with Crippen LogP contribution in [0.1, 0.15) is 86.0 Å². The van der Waals surface area contributed by atoms with Gasteiger partial charge in [-0.25, -0.2) is 0 Å². The summed E-state index contributed by atoms with van der Waals surface area (Å²) < 4.78 is 0. The van der Waals surface area contributed by atoms with Gasteiger partial charge in [-0.1, -0.05) is 51.2 Å². The molecule has 0 amide bonds. The summed E-state index contributed by atoms with van der Waals surface area (Å²) in [6.45, 7) is 10.9. The number of terminal acetylenes is 1. The van der Waals surface area contributed by atoms with Crippen molar-refractivity contribution in [3.05, 3.63) is 11.6 Å². The van der Waals surface area contributed by atoms with Gasteiger partial charge >= 0.3 is 0 Å². The summed E-state index contributed by atoms with van der Waals surface area (Å²) in [4.78, 5) is 0. The molecule has 2 atom stereocenters. The number of aliphatic hydroxyl groups is 1. The van der Waals surface area contributed by atoms with E-state index in [0.717, 1.165) is 18.8 Å². The zero-order valence-electron chi connectivity index (χ0n) is 14.9. The average molecular weight is 293 g/mol. The normalized spacial score (nSPS) is 16.6. The Morgan fingerprint density at radius 1 is 1.19 bits per heavy atom. The second kappa shape index (κ2) is 10.9. The minimum Gasteiger partial charge on any atom is -0.378 e. The third-order valence-electron chi connectivity index (χ3n) is 4.18.